The first kappa shape index (κ1) is 15.1. The van der Waals surface area contributed by atoms with Crippen LogP contribution in [0.1, 0.15) is 46.8 Å². The Kier molecular flexibility index (Phi) is 3.72. The number of halogens is 1. The van der Waals surface area contributed by atoms with E-state index < -0.39 is 0 Å². The third kappa shape index (κ3) is 2.44. The fraction of sp³-hybridized carbons (Fsp3) is 0.286. The van der Waals surface area contributed by atoms with Crippen LogP contribution in [0.5, 0.6) is 0 Å². The van der Waals surface area contributed by atoms with Crippen molar-refractivity contribution in [3.05, 3.63) is 71.2 Å². The summed E-state index contributed by atoms with van der Waals surface area (Å²) in [5, 5.41) is 1.27. The number of aromatic nitrogens is 1. The standard InChI is InChI=1S/C21H20FNO/c1-23-18-7-3-2-6-17(18)21-15(5-4-8-19(21)23)13-20(24)14-9-11-16(22)12-10-14/h2-3,6-7,9-12,15H,4-5,8,13H2,1H3. The van der Waals surface area contributed by atoms with Gasteiger partial charge in [-0.2, -0.15) is 0 Å². The number of ketones is 1. The largest absolute Gasteiger partial charge is 0.347 e. The van der Waals surface area contributed by atoms with Crippen molar-refractivity contribution in [3.8, 4) is 0 Å². The van der Waals surface area contributed by atoms with Crippen LogP contribution >= 0.6 is 0 Å². The number of rotatable bonds is 3. The summed E-state index contributed by atoms with van der Waals surface area (Å²) in [5.41, 5.74) is 4.54. The quantitative estimate of drug-likeness (QED) is 0.622. The molecule has 1 heterocycles. The van der Waals surface area contributed by atoms with Gasteiger partial charge >= 0.3 is 0 Å². The van der Waals surface area contributed by atoms with E-state index in [1.165, 1.54) is 34.3 Å². The van der Waals surface area contributed by atoms with Gasteiger partial charge in [0, 0.05) is 35.6 Å². The zero-order valence-corrected chi connectivity index (χ0v) is 13.8. The first-order valence-electron chi connectivity index (χ1n) is 8.50. The molecular weight excluding hydrogens is 301 g/mol. The van der Waals surface area contributed by atoms with Crippen molar-refractivity contribution < 1.29 is 9.18 Å². The Bertz CT molecular complexity index is 907. The average Bonchev–Trinajstić information content (AvgIpc) is 2.90. The van der Waals surface area contributed by atoms with Crippen molar-refractivity contribution in [3.63, 3.8) is 0 Å². The van der Waals surface area contributed by atoms with Crippen LogP contribution in [-0.2, 0) is 13.5 Å². The summed E-state index contributed by atoms with van der Waals surface area (Å²) >= 11 is 0. The van der Waals surface area contributed by atoms with Crippen LogP contribution in [0.3, 0.4) is 0 Å². The third-order valence-electron chi connectivity index (χ3n) is 5.24. The van der Waals surface area contributed by atoms with E-state index in [1.54, 1.807) is 12.1 Å². The highest BCUT2D eigenvalue weighted by molar-refractivity contribution is 5.97. The van der Waals surface area contributed by atoms with Crippen molar-refractivity contribution in [2.45, 2.75) is 31.6 Å². The number of hydrogen-bond acceptors (Lipinski definition) is 1. The maximum Gasteiger partial charge on any atom is 0.163 e. The summed E-state index contributed by atoms with van der Waals surface area (Å²) in [6, 6.07) is 14.3. The molecule has 0 radical (unpaired) electrons. The van der Waals surface area contributed by atoms with Crippen molar-refractivity contribution in [1.82, 2.24) is 4.57 Å². The molecule has 1 aliphatic rings. The highest BCUT2D eigenvalue weighted by Crippen LogP contribution is 2.40. The number of carbonyl (C=O) groups excluding carboxylic acids is 1. The SMILES string of the molecule is Cn1c2c(c3ccccc31)C(CC(=O)c1ccc(F)cc1)CCC2. The fourth-order valence-corrected chi connectivity index (χ4v) is 4.08. The van der Waals surface area contributed by atoms with Crippen molar-refractivity contribution >= 4 is 16.7 Å². The second kappa shape index (κ2) is 5.90. The smallest absolute Gasteiger partial charge is 0.163 e. The molecule has 0 fully saturated rings. The van der Waals surface area contributed by atoms with E-state index in [0.29, 0.717) is 12.0 Å². The molecule has 0 spiro atoms. The van der Waals surface area contributed by atoms with Gasteiger partial charge in [-0.1, -0.05) is 18.2 Å². The molecule has 0 bridgehead atoms. The van der Waals surface area contributed by atoms with Crippen LogP contribution in [0.4, 0.5) is 4.39 Å². The number of carbonyl (C=O) groups is 1. The van der Waals surface area contributed by atoms with E-state index >= 15 is 0 Å². The van der Waals surface area contributed by atoms with Crippen LogP contribution in [0.15, 0.2) is 48.5 Å². The normalized spacial score (nSPS) is 17.0. The highest BCUT2D eigenvalue weighted by atomic mass is 19.1. The molecule has 0 saturated carbocycles. The zero-order chi connectivity index (χ0) is 16.7. The summed E-state index contributed by atoms with van der Waals surface area (Å²) in [6.07, 6.45) is 3.71. The second-order valence-electron chi connectivity index (χ2n) is 6.66. The Balaban J connectivity index is 1.70. The minimum Gasteiger partial charge on any atom is -0.347 e. The van der Waals surface area contributed by atoms with E-state index in [0.717, 1.165) is 19.3 Å². The Morgan fingerprint density at radius 1 is 1.17 bits per heavy atom. The Labute approximate surface area is 140 Å². The number of nitrogens with zero attached hydrogens (tertiary/aromatic N) is 1. The first-order chi connectivity index (χ1) is 11.6. The fourth-order valence-electron chi connectivity index (χ4n) is 4.08. The number of hydrogen-bond donors (Lipinski definition) is 0. The van der Waals surface area contributed by atoms with Crippen LogP contribution in [0.2, 0.25) is 0 Å². The Hall–Kier alpha value is -2.42. The lowest BCUT2D eigenvalue weighted by molar-refractivity contribution is 0.0971. The van der Waals surface area contributed by atoms with Gasteiger partial charge in [0.1, 0.15) is 5.82 Å². The van der Waals surface area contributed by atoms with Gasteiger partial charge in [-0.05, 0) is 61.1 Å². The van der Waals surface area contributed by atoms with Gasteiger partial charge in [-0.15, -0.1) is 0 Å². The number of para-hydroxylation sites is 1. The monoisotopic (exact) mass is 321 g/mol. The maximum atomic E-state index is 13.1. The molecule has 1 aliphatic carbocycles. The molecule has 0 aliphatic heterocycles. The number of benzene rings is 2. The summed E-state index contributed by atoms with van der Waals surface area (Å²) < 4.78 is 15.3. The van der Waals surface area contributed by atoms with Crippen molar-refractivity contribution in [2.75, 3.05) is 0 Å². The minimum absolute atomic E-state index is 0.0979. The lowest BCUT2D eigenvalue weighted by Crippen LogP contribution is -2.15. The van der Waals surface area contributed by atoms with E-state index in [-0.39, 0.29) is 17.5 Å². The predicted molar refractivity (Wildman–Crippen MR) is 93.9 cm³/mol. The molecule has 0 amide bonds. The number of aryl methyl sites for hydroxylation is 1. The van der Waals surface area contributed by atoms with E-state index in [4.69, 9.17) is 0 Å². The summed E-state index contributed by atoms with van der Waals surface area (Å²) in [7, 11) is 2.12. The van der Waals surface area contributed by atoms with Gasteiger partial charge in [-0.3, -0.25) is 4.79 Å². The lowest BCUT2D eigenvalue weighted by Gasteiger charge is -2.23. The summed E-state index contributed by atoms with van der Waals surface area (Å²) in [6.45, 7) is 0. The third-order valence-corrected chi connectivity index (χ3v) is 5.24. The Morgan fingerprint density at radius 3 is 2.71 bits per heavy atom. The predicted octanol–water partition coefficient (Wildman–Crippen LogP) is 5.01. The van der Waals surface area contributed by atoms with Gasteiger partial charge < -0.3 is 4.57 Å². The summed E-state index contributed by atoms with van der Waals surface area (Å²) in [5.74, 6) is 0.0405. The number of fused-ring (bicyclic) bond motifs is 3. The lowest BCUT2D eigenvalue weighted by atomic mass is 9.81. The van der Waals surface area contributed by atoms with Crippen LogP contribution in [0.25, 0.3) is 10.9 Å². The average molecular weight is 321 g/mol. The van der Waals surface area contributed by atoms with Crippen LogP contribution in [0, 0.1) is 5.82 Å². The van der Waals surface area contributed by atoms with E-state index in [1.807, 2.05) is 0 Å². The number of Topliss-reactive ketones (excluding diaryl/α,β-unsaturated/α-hetero) is 1. The molecule has 24 heavy (non-hydrogen) atoms. The molecule has 0 N–H and O–H groups in total. The van der Waals surface area contributed by atoms with Crippen LogP contribution in [-0.4, -0.2) is 10.4 Å². The molecule has 0 saturated heterocycles. The molecule has 2 aromatic carbocycles. The molecule has 1 aromatic heterocycles. The molecule has 3 aromatic rings. The molecule has 4 rings (SSSR count). The van der Waals surface area contributed by atoms with Gasteiger partial charge in [0.25, 0.3) is 0 Å². The topological polar surface area (TPSA) is 22.0 Å². The van der Waals surface area contributed by atoms with E-state index in [9.17, 15) is 9.18 Å². The molecular formula is C21H20FNO. The first-order valence-corrected chi connectivity index (χ1v) is 8.50. The molecule has 2 nitrogen and oxygen atoms in total. The van der Waals surface area contributed by atoms with Gasteiger partial charge in [-0.25, -0.2) is 4.39 Å². The minimum atomic E-state index is -0.305. The highest BCUT2D eigenvalue weighted by Gasteiger charge is 2.28. The van der Waals surface area contributed by atoms with Gasteiger partial charge in [0.05, 0.1) is 0 Å². The van der Waals surface area contributed by atoms with Crippen molar-refractivity contribution in [1.29, 1.82) is 0 Å². The Morgan fingerprint density at radius 2 is 1.92 bits per heavy atom. The van der Waals surface area contributed by atoms with Crippen molar-refractivity contribution in [2.24, 2.45) is 7.05 Å². The summed E-state index contributed by atoms with van der Waals surface area (Å²) in [4.78, 5) is 12.6. The molecule has 1 unspecified atom stereocenters. The van der Waals surface area contributed by atoms with E-state index in [2.05, 4.69) is 35.9 Å². The maximum absolute atomic E-state index is 13.1. The zero-order valence-electron chi connectivity index (χ0n) is 13.8. The second-order valence-corrected chi connectivity index (χ2v) is 6.66. The molecule has 1 atom stereocenters. The van der Waals surface area contributed by atoms with Gasteiger partial charge in [0.2, 0.25) is 0 Å². The van der Waals surface area contributed by atoms with Crippen LogP contribution < -0.4 is 0 Å². The molecule has 3 heteroatoms. The van der Waals surface area contributed by atoms with Gasteiger partial charge in [0.15, 0.2) is 5.78 Å². The molecule has 122 valence electrons.